The zero-order chi connectivity index (χ0) is 13.0. The topological polar surface area (TPSA) is 32.3 Å². The lowest BCUT2D eigenvalue weighted by Gasteiger charge is -2.29. The van der Waals surface area contributed by atoms with Gasteiger partial charge in [-0.2, -0.15) is 0 Å². The number of hydrogen-bond donors (Lipinski definition) is 1. The van der Waals surface area contributed by atoms with Crippen molar-refractivity contribution in [3.05, 3.63) is 47.0 Å². The van der Waals surface area contributed by atoms with E-state index in [4.69, 9.17) is 0 Å². The molecule has 2 rings (SSSR count). The van der Waals surface area contributed by atoms with Gasteiger partial charge in [0.05, 0.1) is 0 Å². The standard InChI is InChI=1S/C14H17BrN2O/c1-11(15)10-17-8-7-16-14(18)9-13(17)12-5-3-2-4-6-12/h2-6,13H,1,7-10H2,(H,16,18)/t13-/m1/s1. The van der Waals surface area contributed by atoms with Crippen LogP contribution < -0.4 is 5.32 Å². The van der Waals surface area contributed by atoms with Crippen LogP contribution in [0.5, 0.6) is 0 Å². The van der Waals surface area contributed by atoms with Crippen LogP contribution >= 0.6 is 15.9 Å². The van der Waals surface area contributed by atoms with Crippen LogP contribution in [0.2, 0.25) is 0 Å². The quantitative estimate of drug-likeness (QED) is 0.930. The maximum atomic E-state index is 11.7. The summed E-state index contributed by atoms with van der Waals surface area (Å²) in [6.07, 6.45) is 0.504. The highest BCUT2D eigenvalue weighted by Crippen LogP contribution is 2.26. The van der Waals surface area contributed by atoms with Crippen molar-refractivity contribution in [1.82, 2.24) is 10.2 Å². The molecule has 4 heteroatoms. The predicted octanol–water partition coefficient (Wildman–Crippen LogP) is 2.46. The van der Waals surface area contributed by atoms with E-state index in [9.17, 15) is 4.79 Å². The summed E-state index contributed by atoms with van der Waals surface area (Å²) in [5, 5.41) is 2.92. The van der Waals surface area contributed by atoms with Crippen molar-refractivity contribution >= 4 is 21.8 Å². The second kappa shape index (κ2) is 6.16. The lowest BCUT2D eigenvalue weighted by Crippen LogP contribution is -2.31. The van der Waals surface area contributed by atoms with Crippen LogP contribution in [-0.2, 0) is 4.79 Å². The van der Waals surface area contributed by atoms with Crippen molar-refractivity contribution in [3.63, 3.8) is 0 Å². The Hall–Kier alpha value is -1.13. The number of nitrogens with one attached hydrogen (secondary N) is 1. The van der Waals surface area contributed by atoms with Gasteiger partial charge in [0.1, 0.15) is 0 Å². The van der Waals surface area contributed by atoms with E-state index in [1.807, 2.05) is 18.2 Å². The van der Waals surface area contributed by atoms with Crippen LogP contribution in [0.3, 0.4) is 0 Å². The molecule has 0 spiro atoms. The number of halogens is 1. The summed E-state index contributed by atoms with van der Waals surface area (Å²) in [5.74, 6) is 0.117. The van der Waals surface area contributed by atoms with Crippen LogP contribution in [0.4, 0.5) is 0 Å². The van der Waals surface area contributed by atoms with Crippen LogP contribution in [0.1, 0.15) is 18.0 Å². The third-order valence-corrected chi connectivity index (χ3v) is 3.35. The summed E-state index contributed by atoms with van der Waals surface area (Å²) < 4.78 is 0.942. The van der Waals surface area contributed by atoms with Crippen molar-refractivity contribution in [2.45, 2.75) is 12.5 Å². The molecule has 1 aromatic carbocycles. The Labute approximate surface area is 116 Å². The number of amides is 1. The summed E-state index contributed by atoms with van der Waals surface area (Å²) in [6.45, 7) is 6.20. The molecule has 0 unspecified atom stereocenters. The average Bonchev–Trinajstić information content (AvgIpc) is 2.52. The number of hydrogen-bond acceptors (Lipinski definition) is 2. The van der Waals surface area contributed by atoms with Gasteiger partial charge in [-0.1, -0.05) is 52.8 Å². The van der Waals surface area contributed by atoms with E-state index in [-0.39, 0.29) is 11.9 Å². The molecule has 0 saturated carbocycles. The fraction of sp³-hybridized carbons (Fsp3) is 0.357. The third-order valence-electron chi connectivity index (χ3n) is 3.10. The molecule has 96 valence electrons. The number of nitrogens with zero attached hydrogens (tertiary/aromatic N) is 1. The van der Waals surface area contributed by atoms with E-state index in [1.165, 1.54) is 5.56 Å². The maximum absolute atomic E-state index is 11.7. The number of carbonyl (C=O) groups excluding carboxylic acids is 1. The molecular formula is C14H17BrN2O. The van der Waals surface area contributed by atoms with E-state index in [0.29, 0.717) is 13.0 Å². The van der Waals surface area contributed by atoms with Crippen LogP contribution in [0.25, 0.3) is 0 Å². The molecule has 1 N–H and O–H groups in total. The molecule has 1 aliphatic rings. The van der Waals surface area contributed by atoms with Crippen molar-refractivity contribution in [1.29, 1.82) is 0 Å². The molecule has 1 aliphatic heterocycles. The fourth-order valence-electron chi connectivity index (χ4n) is 2.29. The second-order valence-electron chi connectivity index (χ2n) is 4.47. The van der Waals surface area contributed by atoms with E-state index < -0.39 is 0 Å². The van der Waals surface area contributed by atoms with E-state index in [1.54, 1.807) is 0 Å². The summed E-state index contributed by atoms with van der Waals surface area (Å²) >= 11 is 3.41. The molecule has 18 heavy (non-hydrogen) atoms. The number of carbonyl (C=O) groups is 1. The van der Waals surface area contributed by atoms with Crippen LogP contribution in [-0.4, -0.2) is 30.4 Å². The molecule has 1 fully saturated rings. The van der Waals surface area contributed by atoms with Gasteiger partial charge in [-0.3, -0.25) is 9.69 Å². The average molecular weight is 309 g/mol. The minimum atomic E-state index is 0.117. The molecule has 3 nitrogen and oxygen atoms in total. The second-order valence-corrected chi connectivity index (χ2v) is 5.59. The summed E-state index contributed by atoms with van der Waals surface area (Å²) in [6, 6.07) is 10.3. The molecule has 0 aliphatic carbocycles. The van der Waals surface area contributed by atoms with Crippen molar-refractivity contribution in [3.8, 4) is 0 Å². The van der Waals surface area contributed by atoms with Crippen molar-refractivity contribution in [2.24, 2.45) is 0 Å². The molecule has 1 saturated heterocycles. The van der Waals surface area contributed by atoms with Crippen molar-refractivity contribution < 1.29 is 4.79 Å². The van der Waals surface area contributed by atoms with Crippen LogP contribution in [0.15, 0.2) is 41.4 Å². The first-order chi connectivity index (χ1) is 8.66. The highest BCUT2D eigenvalue weighted by molar-refractivity contribution is 9.11. The predicted molar refractivity (Wildman–Crippen MR) is 76.4 cm³/mol. The zero-order valence-electron chi connectivity index (χ0n) is 10.2. The Kier molecular flexibility index (Phi) is 4.55. The van der Waals surface area contributed by atoms with Gasteiger partial charge in [-0.15, -0.1) is 0 Å². The Bertz CT molecular complexity index is 433. The Morgan fingerprint density at radius 2 is 2.17 bits per heavy atom. The highest BCUT2D eigenvalue weighted by atomic mass is 79.9. The minimum absolute atomic E-state index is 0.117. The van der Waals surface area contributed by atoms with Gasteiger partial charge < -0.3 is 5.32 Å². The van der Waals surface area contributed by atoms with Gasteiger partial charge in [-0.05, 0) is 5.56 Å². The first kappa shape index (κ1) is 13.3. The normalized spacial score (nSPS) is 21.2. The van der Waals surface area contributed by atoms with E-state index >= 15 is 0 Å². The lowest BCUT2D eigenvalue weighted by molar-refractivity contribution is -0.121. The minimum Gasteiger partial charge on any atom is -0.355 e. The van der Waals surface area contributed by atoms with Crippen LogP contribution in [0, 0.1) is 0 Å². The maximum Gasteiger partial charge on any atom is 0.221 e. The number of rotatable bonds is 3. The van der Waals surface area contributed by atoms with Gasteiger partial charge in [-0.25, -0.2) is 0 Å². The third kappa shape index (κ3) is 3.43. The van der Waals surface area contributed by atoms with Crippen molar-refractivity contribution in [2.75, 3.05) is 19.6 Å². The highest BCUT2D eigenvalue weighted by Gasteiger charge is 2.25. The summed E-state index contributed by atoms with van der Waals surface area (Å²) in [4.78, 5) is 14.0. The Morgan fingerprint density at radius 3 is 2.83 bits per heavy atom. The zero-order valence-corrected chi connectivity index (χ0v) is 11.8. The smallest absolute Gasteiger partial charge is 0.221 e. The fourth-order valence-corrected chi connectivity index (χ4v) is 2.61. The van der Waals surface area contributed by atoms with Gasteiger partial charge in [0.15, 0.2) is 0 Å². The van der Waals surface area contributed by atoms with E-state index in [2.05, 4.69) is 44.9 Å². The molecule has 1 amide bonds. The Morgan fingerprint density at radius 1 is 1.44 bits per heavy atom. The number of benzene rings is 1. The SMILES string of the molecule is C=C(Br)CN1CCNC(=O)C[C@@H]1c1ccccc1. The van der Waals surface area contributed by atoms with Gasteiger partial charge in [0.2, 0.25) is 5.91 Å². The molecular weight excluding hydrogens is 292 g/mol. The van der Waals surface area contributed by atoms with Gasteiger partial charge in [0, 0.05) is 36.6 Å². The van der Waals surface area contributed by atoms with Gasteiger partial charge >= 0.3 is 0 Å². The molecule has 0 aromatic heterocycles. The summed E-state index contributed by atoms with van der Waals surface area (Å²) in [7, 11) is 0. The van der Waals surface area contributed by atoms with E-state index in [0.717, 1.165) is 17.6 Å². The monoisotopic (exact) mass is 308 g/mol. The molecule has 1 heterocycles. The molecule has 1 aromatic rings. The first-order valence-electron chi connectivity index (χ1n) is 6.06. The largest absolute Gasteiger partial charge is 0.355 e. The molecule has 1 atom stereocenters. The molecule has 0 bridgehead atoms. The lowest BCUT2D eigenvalue weighted by atomic mass is 10.0. The first-order valence-corrected chi connectivity index (χ1v) is 6.85. The Balaban J connectivity index is 2.24. The van der Waals surface area contributed by atoms with Gasteiger partial charge in [0.25, 0.3) is 0 Å². The summed E-state index contributed by atoms with van der Waals surface area (Å²) in [5.41, 5.74) is 1.18. The molecule has 0 radical (unpaired) electrons.